The fraction of sp³-hybridized carbons (Fsp3) is 0.462. The van der Waals surface area contributed by atoms with Crippen LogP contribution in [0.3, 0.4) is 0 Å². The number of nitrogens with one attached hydrogen (secondary N) is 1. The summed E-state index contributed by atoms with van der Waals surface area (Å²) in [6.45, 7) is 2.44. The molecule has 0 aromatic heterocycles. The summed E-state index contributed by atoms with van der Waals surface area (Å²) < 4.78 is 13.4. The Morgan fingerprint density at radius 2 is 2.28 bits per heavy atom. The standard InChI is InChI=1S/C13H17BrFNO2/c1-2-3-4-12(13(17)18)16-8-9-5-6-11(15)10(14)7-9/h5-7,12,16H,2-4,8H2,1H3,(H,17,18)/t12-/m0/s1. The van der Waals surface area contributed by atoms with Crippen molar-refractivity contribution in [2.75, 3.05) is 0 Å². The predicted molar refractivity (Wildman–Crippen MR) is 71.9 cm³/mol. The first-order valence-electron chi connectivity index (χ1n) is 5.94. The van der Waals surface area contributed by atoms with E-state index in [0.29, 0.717) is 17.4 Å². The number of carbonyl (C=O) groups is 1. The van der Waals surface area contributed by atoms with E-state index in [1.165, 1.54) is 6.07 Å². The minimum Gasteiger partial charge on any atom is -0.480 e. The van der Waals surface area contributed by atoms with Crippen molar-refractivity contribution >= 4 is 21.9 Å². The van der Waals surface area contributed by atoms with Crippen molar-refractivity contribution in [3.8, 4) is 0 Å². The van der Waals surface area contributed by atoms with Crippen LogP contribution in [0.5, 0.6) is 0 Å². The first kappa shape index (κ1) is 15.1. The SMILES string of the molecule is CCCC[C@H](NCc1ccc(F)c(Br)c1)C(=O)O. The lowest BCUT2D eigenvalue weighted by atomic mass is 10.1. The average Bonchev–Trinajstić information content (AvgIpc) is 2.33. The summed E-state index contributed by atoms with van der Waals surface area (Å²) in [7, 11) is 0. The van der Waals surface area contributed by atoms with Gasteiger partial charge in [-0.1, -0.05) is 25.8 Å². The fourth-order valence-corrected chi connectivity index (χ4v) is 2.04. The molecule has 0 amide bonds. The van der Waals surface area contributed by atoms with Crippen LogP contribution in [0.4, 0.5) is 4.39 Å². The van der Waals surface area contributed by atoms with E-state index in [1.54, 1.807) is 12.1 Å². The zero-order valence-electron chi connectivity index (χ0n) is 10.2. The molecule has 5 heteroatoms. The number of unbranched alkanes of at least 4 members (excludes halogenated alkanes) is 1. The van der Waals surface area contributed by atoms with Crippen molar-refractivity contribution in [1.29, 1.82) is 0 Å². The van der Waals surface area contributed by atoms with Gasteiger partial charge in [-0.05, 0) is 40.0 Å². The Balaban J connectivity index is 2.55. The Kier molecular flexibility index (Phi) is 6.29. The van der Waals surface area contributed by atoms with Gasteiger partial charge in [0.1, 0.15) is 11.9 Å². The van der Waals surface area contributed by atoms with Gasteiger partial charge in [0.05, 0.1) is 4.47 Å². The van der Waals surface area contributed by atoms with E-state index in [-0.39, 0.29) is 5.82 Å². The second-order valence-electron chi connectivity index (χ2n) is 4.16. The molecule has 1 rings (SSSR count). The van der Waals surface area contributed by atoms with Crippen LogP contribution in [0.1, 0.15) is 31.7 Å². The molecule has 0 radical (unpaired) electrons. The second kappa shape index (κ2) is 7.48. The van der Waals surface area contributed by atoms with Crippen LogP contribution < -0.4 is 5.32 Å². The van der Waals surface area contributed by atoms with E-state index in [1.807, 2.05) is 6.92 Å². The third-order valence-corrected chi connectivity index (χ3v) is 3.29. The molecule has 0 unspecified atom stereocenters. The number of benzene rings is 1. The lowest BCUT2D eigenvalue weighted by Gasteiger charge is -2.14. The Morgan fingerprint density at radius 3 is 2.83 bits per heavy atom. The molecule has 1 atom stereocenters. The molecule has 1 aromatic carbocycles. The van der Waals surface area contributed by atoms with Gasteiger partial charge in [0.2, 0.25) is 0 Å². The molecule has 0 saturated heterocycles. The monoisotopic (exact) mass is 317 g/mol. The first-order chi connectivity index (χ1) is 8.54. The van der Waals surface area contributed by atoms with Crippen LogP contribution in [0.25, 0.3) is 0 Å². The highest BCUT2D eigenvalue weighted by molar-refractivity contribution is 9.10. The van der Waals surface area contributed by atoms with Crippen LogP contribution in [-0.2, 0) is 11.3 Å². The molecule has 0 saturated carbocycles. The number of aliphatic carboxylic acids is 1. The van der Waals surface area contributed by atoms with Gasteiger partial charge in [0.15, 0.2) is 0 Å². The van der Waals surface area contributed by atoms with Crippen molar-refractivity contribution in [3.05, 3.63) is 34.1 Å². The molecule has 0 aliphatic carbocycles. The number of halogens is 2. The molecule has 0 aliphatic heterocycles. The molecular weight excluding hydrogens is 301 g/mol. The van der Waals surface area contributed by atoms with E-state index in [2.05, 4.69) is 21.2 Å². The topological polar surface area (TPSA) is 49.3 Å². The summed E-state index contributed by atoms with van der Waals surface area (Å²) in [5.41, 5.74) is 0.853. The Hall–Kier alpha value is -0.940. The molecule has 0 spiro atoms. The minimum atomic E-state index is -0.843. The molecule has 18 heavy (non-hydrogen) atoms. The van der Waals surface area contributed by atoms with E-state index in [9.17, 15) is 9.18 Å². The summed E-state index contributed by atoms with van der Waals surface area (Å²) in [5, 5.41) is 12.0. The van der Waals surface area contributed by atoms with Crippen LogP contribution >= 0.6 is 15.9 Å². The molecule has 0 heterocycles. The van der Waals surface area contributed by atoms with Crippen LogP contribution in [-0.4, -0.2) is 17.1 Å². The number of carboxylic acids is 1. The summed E-state index contributed by atoms with van der Waals surface area (Å²) in [4.78, 5) is 11.0. The maximum Gasteiger partial charge on any atom is 0.320 e. The van der Waals surface area contributed by atoms with E-state index in [0.717, 1.165) is 18.4 Å². The molecule has 3 nitrogen and oxygen atoms in total. The largest absolute Gasteiger partial charge is 0.480 e. The van der Waals surface area contributed by atoms with Gasteiger partial charge in [-0.3, -0.25) is 4.79 Å². The molecule has 0 fully saturated rings. The van der Waals surface area contributed by atoms with Crippen LogP contribution in [0.2, 0.25) is 0 Å². The van der Waals surface area contributed by atoms with Gasteiger partial charge in [0, 0.05) is 6.54 Å². The van der Waals surface area contributed by atoms with Gasteiger partial charge in [-0.15, -0.1) is 0 Å². The summed E-state index contributed by atoms with van der Waals surface area (Å²) in [6.07, 6.45) is 2.44. The second-order valence-corrected chi connectivity index (χ2v) is 5.02. The summed E-state index contributed by atoms with van der Waals surface area (Å²) in [6, 6.07) is 4.12. The Bertz CT molecular complexity index is 412. The van der Waals surface area contributed by atoms with Crippen molar-refractivity contribution < 1.29 is 14.3 Å². The smallest absolute Gasteiger partial charge is 0.320 e. The number of hydrogen-bond donors (Lipinski definition) is 2. The highest BCUT2D eigenvalue weighted by Gasteiger charge is 2.15. The van der Waals surface area contributed by atoms with Crippen molar-refractivity contribution in [2.24, 2.45) is 0 Å². The predicted octanol–water partition coefficient (Wildman–Crippen LogP) is 3.32. The number of carboxylic acid groups (broad SMARTS) is 1. The minimum absolute atomic E-state index is 0.320. The quantitative estimate of drug-likeness (QED) is 0.811. The molecule has 1 aromatic rings. The molecule has 0 aliphatic rings. The fourth-order valence-electron chi connectivity index (χ4n) is 1.61. The number of hydrogen-bond acceptors (Lipinski definition) is 2. The van der Waals surface area contributed by atoms with Gasteiger partial charge < -0.3 is 10.4 Å². The van der Waals surface area contributed by atoms with E-state index < -0.39 is 12.0 Å². The zero-order chi connectivity index (χ0) is 13.5. The van der Waals surface area contributed by atoms with Crippen LogP contribution in [0, 0.1) is 5.82 Å². The Morgan fingerprint density at radius 1 is 1.56 bits per heavy atom. The highest BCUT2D eigenvalue weighted by atomic mass is 79.9. The number of rotatable bonds is 7. The molecule has 2 N–H and O–H groups in total. The van der Waals surface area contributed by atoms with E-state index >= 15 is 0 Å². The summed E-state index contributed by atoms with van der Waals surface area (Å²) in [5.74, 6) is -1.16. The van der Waals surface area contributed by atoms with Crippen molar-refractivity contribution in [1.82, 2.24) is 5.32 Å². The van der Waals surface area contributed by atoms with E-state index in [4.69, 9.17) is 5.11 Å². The maximum atomic E-state index is 13.0. The lowest BCUT2D eigenvalue weighted by molar-refractivity contribution is -0.139. The van der Waals surface area contributed by atoms with Crippen molar-refractivity contribution in [3.63, 3.8) is 0 Å². The molecule has 0 bridgehead atoms. The zero-order valence-corrected chi connectivity index (χ0v) is 11.8. The summed E-state index contributed by atoms with van der Waals surface area (Å²) >= 11 is 3.10. The molecular formula is C13H17BrFNO2. The van der Waals surface area contributed by atoms with Gasteiger partial charge in [-0.25, -0.2) is 4.39 Å². The average molecular weight is 318 g/mol. The Labute approximate surface area is 115 Å². The normalized spacial score (nSPS) is 12.4. The third kappa shape index (κ3) is 4.74. The lowest BCUT2D eigenvalue weighted by Crippen LogP contribution is -2.36. The highest BCUT2D eigenvalue weighted by Crippen LogP contribution is 2.17. The van der Waals surface area contributed by atoms with Gasteiger partial charge in [-0.2, -0.15) is 0 Å². The maximum absolute atomic E-state index is 13.0. The third-order valence-electron chi connectivity index (χ3n) is 2.68. The van der Waals surface area contributed by atoms with Crippen molar-refractivity contribution in [2.45, 2.75) is 38.8 Å². The van der Waals surface area contributed by atoms with Crippen LogP contribution in [0.15, 0.2) is 22.7 Å². The van der Waals surface area contributed by atoms with Gasteiger partial charge in [0.25, 0.3) is 0 Å². The van der Waals surface area contributed by atoms with Gasteiger partial charge >= 0.3 is 5.97 Å². The first-order valence-corrected chi connectivity index (χ1v) is 6.74. The molecule has 100 valence electrons.